The average Bonchev–Trinajstić information content (AvgIpc) is 2.43. The lowest BCUT2D eigenvalue weighted by molar-refractivity contribution is 0.474. The van der Waals surface area contributed by atoms with Gasteiger partial charge in [-0.1, -0.05) is 38.1 Å². The summed E-state index contributed by atoms with van der Waals surface area (Å²) in [6, 6.07) is 12.9. The number of hydrogen-bond donors (Lipinski definition) is 0. The van der Waals surface area contributed by atoms with Crippen molar-refractivity contribution in [2.24, 2.45) is 0 Å². The fourth-order valence-electron chi connectivity index (χ4n) is 2.07. The highest BCUT2D eigenvalue weighted by Gasteiger charge is 2.06. The van der Waals surface area contributed by atoms with Crippen LogP contribution in [0.25, 0.3) is 0 Å². The highest BCUT2D eigenvalue weighted by Crippen LogP contribution is 2.29. The quantitative estimate of drug-likeness (QED) is 0.726. The molecule has 0 aromatic heterocycles. The third-order valence-corrected chi connectivity index (χ3v) is 3.54. The van der Waals surface area contributed by atoms with E-state index >= 15 is 0 Å². The molecule has 0 saturated carbocycles. The van der Waals surface area contributed by atoms with Gasteiger partial charge < -0.3 is 4.74 Å². The van der Waals surface area contributed by atoms with Gasteiger partial charge in [0.25, 0.3) is 0 Å². The minimum atomic E-state index is 0.968. The molecule has 19 heavy (non-hydrogen) atoms. The molecule has 0 spiro atoms. The SMILES string of the molecule is CCc1ccc(C)c(Oc2cc(CC)ccc2C)c1. The van der Waals surface area contributed by atoms with E-state index in [1.165, 1.54) is 22.3 Å². The Balaban J connectivity index is 2.35. The van der Waals surface area contributed by atoms with Crippen LogP contribution < -0.4 is 4.74 Å². The molecule has 0 N–H and O–H groups in total. The normalized spacial score (nSPS) is 10.5. The molecular formula is C18H22O. The van der Waals surface area contributed by atoms with Crippen LogP contribution in [0.1, 0.15) is 36.1 Å². The molecule has 0 heterocycles. The molecule has 100 valence electrons. The molecule has 0 saturated heterocycles. The summed E-state index contributed by atoms with van der Waals surface area (Å²) in [4.78, 5) is 0. The fourth-order valence-corrected chi connectivity index (χ4v) is 2.07. The van der Waals surface area contributed by atoms with Crippen LogP contribution in [0.2, 0.25) is 0 Å². The van der Waals surface area contributed by atoms with E-state index in [0.29, 0.717) is 0 Å². The van der Waals surface area contributed by atoms with Gasteiger partial charge in [0.05, 0.1) is 0 Å². The maximum absolute atomic E-state index is 6.12. The van der Waals surface area contributed by atoms with Gasteiger partial charge in [-0.3, -0.25) is 0 Å². The summed E-state index contributed by atoms with van der Waals surface area (Å²) in [5, 5.41) is 0. The van der Waals surface area contributed by atoms with Crippen molar-refractivity contribution in [3.8, 4) is 11.5 Å². The van der Waals surface area contributed by atoms with Crippen LogP contribution in [-0.2, 0) is 12.8 Å². The number of hydrogen-bond acceptors (Lipinski definition) is 1. The minimum Gasteiger partial charge on any atom is -0.457 e. The molecule has 2 aromatic rings. The number of benzene rings is 2. The van der Waals surface area contributed by atoms with Gasteiger partial charge in [-0.15, -0.1) is 0 Å². The average molecular weight is 254 g/mol. The molecule has 0 bridgehead atoms. The first kappa shape index (κ1) is 13.7. The van der Waals surface area contributed by atoms with E-state index in [1.54, 1.807) is 0 Å². The second kappa shape index (κ2) is 5.92. The van der Waals surface area contributed by atoms with Crippen molar-refractivity contribution in [2.45, 2.75) is 40.5 Å². The van der Waals surface area contributed by atoms with Crippen molar-refractivity contribution in [3.63, 3.8) is 0 Å². The van der Waals surface area contributed by atoms with Crippen LogP contribution >= 0.6 is 0 Å². The Hall–Kier alpha value is -1.76. The summed E-state index contributed by atoms with van der Waals surface area (Å²) in [7, 11) is 0. The largest absolute Gasteiger partial charge is 0.457 e. The van der Waals surface area contributed by atoms with E-state index in [4.69, 9.17) is 4.74 Å². The lowest BCUT2D eigenvalue weighted by Gasteiger charge is -2.13. The van der Waals surface area contributed by atoms with E-state index in [9.17, 15) is 0 Å². The smallest absolute Gasteiger partial charge is 0.130 e. The van der Waals surface area contributed by atoms with E-state index in [2.05, 4.69) is 64.1 Å². The van der Waals surface area contributed by atoms with Crippen LogP contribution in [0.3, 0.4) is 0 Å². The Morgan fingerprint density at radius 1 is 0.737 bits per heavy atom. The van der Waals surface area contributed by atoms with Gasteiger partial charge >= 0.3 is 0 Å². The van der Waals surface area contributed by atoms with Crippen molar-refractivity contribution in [1.82, 2.24) is 0 Å². The number of ether oxygens (including phenoxy) is 1. The third kappa shape index (κ3) is 3.17. The van der Waals surface area contributed by atoms with Gasteiger partial charge in [-0.2, -0.15) is 0 Å². The van der Waals surface area contributed by atoms with Crippen molar-refractivity contribution in [3.05, 3.63) is 58.7 Å². The lowest BCUT2D eigenvalue weighted by Crippen LogP contribution is -1.93. The zero-order chi connectivity index (χ0) is 13.8. The van der Waals surface area contributed by atoms with Crippen LogP contribution in [0, 0.1) is 13.8 Å². The Bertz CT molecular complexity index is 518. The predicted octanol–water partition coefficient (Wildman–Crippen LogP) is 5.22. The zero-order valence-corrected chi connectivity index (χ0v) is 12.3. The maximum Gasteiger partial charge on any atom is 0.130 e. The Morgan fingerprint density at radius 3 is 1.53 bits per heavy atom. The molecule has 0 aliphatic heterocycles. The molecule has 0 atom stereocenters. The molecular weight excluding hydrogens is 232 g/mol. The third-order valence-electron chi connectivity index (χ3n) is 3.54. The van der Waals surface area contributed by atoms with Crippen molar-refractivity contribution >= 4 is 0 Å². The molecule has 0 aliphatic carbocycles. The summed E-state index contributed by atoms with van der Waals surface area (Å²) in [5.41, 5.74) is 4.98. The number of rotatable bonds is 4. The summed E-state index contributed by atoms with van der Waals surface area (Å²) < 4.78 is 6.12. The molecule has 2 aromatic carbocycles. The molecule has 2 rings (SSSR count). The Morgan fingerprint density at radius 2 is 1.16 bits per heavy atom. The summed E-state index contributed by atoms with van der Waals surface area (Å²) in [5.74, 6) is 1.94. The van der Waals surface area contributed by atoms with Gasteiger partial charge in [-0.25, -0.2) is 0 Å². The Labute approximate surface area is 116 Å². The zero-order valence-electron chi connectivity index (χ0n) is 12.3. The van der Waals surface area contributed by atoms with Gasteiger partial charge in [0, 0.05) is 0 Å². The van der Waals surface area contributed by atoms with Crippen molar-refractivity contribution in [2.75, 3.05) is 0 Å². The number of aryl methyl sites for hydroxylation is 4. The monoisotopic (exact) mass is 254 g/mol. The van der Waals surface area contributed by atoms with Crippen molar-refractivity contribution < 1.29 is 4.74 Å². The minimum absolute atomic E-state index is 0.968. The molecule has 1 nitrogen and oxygen atoms in total. The topological polar surface area (TPSA) is 9.23 Å². The molecule has 0 radical (unpaired) electrons. The standard InChI is InChI=1S/C18H22O/c1-5-15-9-7-13(3)17(11-15)19-18-12-16(6-2)10-8-14(18)4/h7-12H,5-6H2,1-4H3. The summed E-state index contributed by atoms with van der Waals surface area (Å²) >= 11 is 0. The van der Waals surface area contributed by atoms with Crippen LogP contribution in [0.4, 0.5) is 0 Å². The molecule has 0 fully saturated rings. The van der Waals surface area contributed by atoms with Gasteiger partial charge in [-0.05, 0) is 61.1 Å². The summed E-state index contributed by atoms with van der Waals surface area (Å²) in [6.45, 7) is 8.51. The fraction of sp³-hybridized carbons (Fsp3) is 0.333. The maximum atomic E-state index is 6.12. The summed E-state index contributed by atoms with van der Waals surface area (Å²) in [6.07, 6.45) is 2.06. The first-order valence-electron chi connectivity index (χ1n) is 7.01. The first-order valence-corrected chi connectivity index (χ1v) is 7.01. The first-order chi connectivity index (χ1) is 9.13. The van der Waals surface area contributed by atoms with E-state index in [1.807, 2.05) is 0 Å². The lowest BCUT2D eigenvalue weighted by atomic mass is 10.1. The highest BCUT2D eigenvalue weighted by atomic mass is 16.5. The molecule has 0 unspecified atom stereocenters. The van der Waals surface area contributed by atoms with Crippen LogP contribution in [0.15, 0.2) is 36.4 Å². The Kier molecular flexibility index (Phi) is 4.26. The van der Waals surface area contributed by atoms with E-state index in [-0.39, 0.29) is 0 Å². The van der Waals surface area contributed by atoms with Gasteiger partial charge in [0.1, 0.15) is 11.5 Å². The van der Waals surface area contributed by atoms with Crippen molar-refractivity contribution in [1.29, 1.82) is 0 Å². The highest BCUT2D eigenvalue weighted by molar-refractivity contribution is 5.44. The van der Waals surface area contributed by atoms with Gasteiger partial charge in [0.15, 0.2) is 0 Å². The molecule has 1 heteroatoms. The van der Waals surface area contributed by atoms with Crippen LogP contribution in [0.5, 0.6) is 11.5 Å². The predicted molar refractivity (Wildman–Crippen MR) is 81.2 cm³/mol. The van der Waals surface area contributed by atoms with E-state index in [0.717, 1.165) is 24.3 Å². The molecule has 0 aliphatic rings. The molecule has 0 amide bonds. The second-order valence-electron chi connectivity index (χ2n) is 5.01. The van der Waals surface area contributed by atoms with E-state index < -0.39 is 0 Å². The second-order valence-corrected chi connectivity index (χ2v) is 5.01. The van der Waals surface area contributed by atoms with Crippen LogP contribution in [-0.4, -0.2) is 0 Å². The van der Waals surface area contributed by atoms with Gasteiger partial charge in [0.2, 0.25) is 0 Å².